The Hall–Kier alpha value is 0.0569. The first-order chi connectivity index (χ1) is 7.74. The minimum absolute atomic E-state index is 0.403. The molecule has 1 aliphatic rings. The van der Waals surface area contributed by atoms with E-state index in [1.54, 1.807) is 21.3 Å². The van der Waals surface area contributed by atoms with Crippen LogP contribution in [0.2, 0.25) is 5.54 Å². The Morgan fingerprint density at radius 1 is 1.25 bits per heavy atom. The van der Waals surface area contributed by atoms with Gasteiger partial charge in [0.25, 0.3) is 0 Å². The van der Waals surface area contributed by atoms with Crippen molar-refractivity contribution in [1.29, 1.82) is 0 Å². The molecule has 0 spiro atoms. The molecule has 0 radical (unpaired) electrons. The fraction of sp³-hybridized carbons (Fsp3) is 1.00. The van der Waals surface area contributed by atoms with Gasteiger partial charge in [-0.2, -0.15) is 0 Å². The van der Waals surface area contributed by atoms with Crippen LogP contribution >= 0.6 is 0 Å². The quantitative estimate of drug-likeness (QED) is 0.724. The first-order valence-corrected chi connectivity index (χ1v) is 7.90. The molecule has 1 N–H and O–H groups in total. The molecule has 1 fully saturated rings. The highest BCUT2D eigenvalue weighted by molar-refractivity contribution is 6.62. The minimum Gasteiger partial charge on any atom is -0.377 e. The van der Waals surface area contributed by atoms with Gasteiger partial charge >= 0.3 is 8.80 Å². The summed E-state index contributed by atoms with van der Waals surface area (Å²) in [6.45, 7) is 4.38. The zero-order valence-corrected chi connectivity index (χ0v) is 11.9. The summed E-state index contributed by atoms with van der Waals surface area (Å²) in [6.07, 6.45) is 3.53. The lowest BCUT2D eigenvalue weighted by molar-refractivity contribution is 0.0965. The largest absolute Gasteiger partial charge is 0.503 e. The van der Waals surface area contributed by atoms with Gasteiger partial charge in [0.05, 0.1) is 0 Å². The Bertz CT molecular complexity index is 185. The lowest BCUT2D eigenvalue weighted by Crippen LogP contribution is -2.52. The normalized spacial score (nSPS) is 24.4. The molecule has 16 heavy (non-hydrogen) atoms. The molecule has 1 aliphatic heterocycles. The van der Waals surface area contributed by atoms with Crippen molar-refractivity contribution in [1.82, 2.24) is 5.32 Å². The van der Waals surface area contributed by atoms with Gasteiger partial charge < -0.3 is 18.6 Å². The van der Waals surface area contributed by atoms with Gasteiger partial charge in [-0.25, -0.2) is 0 Å². The van der Waals surface area contributed by atoms with Gasteiger partial charge in [0, 0.05) is 26.9 Å². The molecule has 5 heteroatoms. The molecule has 2 unspecified atom stereocenters. The molecule has 0 bridgehead atoms. The fourth-order valence-electron chi connectivity index (χ4n) is 2.80. The Kier molecular flexibility index (Phi) is 5.92. The van der Waals surface area contributed by atoms with Crippen molar-refractivity contribution in [2.24, 2.45) is 5.92 Å². The molecule has 4 nitrogen and oxygen atoms in total. The number of hydrogen-bond acceptors (Lipinski definition) is 4. The van der Waals surface area contributed by atoms with Crippen molar-refractivity contribution in [3.05, 3.63) is 0 Å². The van der Waals surface area contributed by atoms with Gasteiger partial charge in [-0.15, -0.1) is 0 Å². The molecule has 0 amide bonds. The van der Waals surface area contributed by atoms with Gasteiger partial charge in [-0.05, 0) is 38.3 Å². The van der Waals surface area contributed by atoms with Crippen LogP contribution in [0.3, 0.4) is 0 Å². The van der Waals surface area contributed by atoms with Crippen LogP contribution in [0.4, 0.5) is 0 Å². The van der Waals surface area contributed by atoms with Crippen LogP contribution in [0.15, 0.2) is 0 Å². The average molecular weight is 247 g/mol. The third-order valence-electron chi connectivity index (χ3n) is 3.65. The molecular weight excluding hydrogens is 222 g/mol. The number of hydrogen-bond donors (Lipinski definition) is 1. The predicted molar refractivity (Wildman–Crippen MR) is 66.4 cm³/mol. The van der Waals surface area contributed by atoms with E-state index in [1.807, 2.05) is 0 Å². The van der Waals surface area contributed by atoms with Gasteiger partial charge in [0.15, 0.2) is 0 Å². The second-order valence-corrected chi connectivity index (χ2v) is 7.51. The van der Waals surface area contributed by atoms with E-state index in [0.717, 1.165) is 19.5 Å². The smallest absolute Gasteiger partial charge is 0.377 e. The monoisotopic (exact) mass is 247 g/mol. The van der Waals surface area contributed by atoms with Crippen LogP contribution in [0.1, 0.15) is 26.2 Å². The van der Waals surface area contributed by atoms with Crippen LogP contribution in [-0.2, 0) is 13.3 Å². The number of nitrogens with one attached hydrogen (secondary N) is 1. The maximum atomic E-state index is 5.61. The predicted octanol–water partition coefficient (Wildman–Crippen LogP) is 1.64. The summed E-state index contributed by atoms with van der Waals surface area (Å²) in [7, 11) is 2.65. The highest BCUT2D eigenvalue weighted by Crippen LogP contribution is 2.37. The van der Waals surface area contributed by atoms with Crippen molar-refractivity contribution < 1.29 is 13.3 Å². The first kappa shape index (κ1) is 14.1. The van der Waals surface area contributed by atoms with Crippen molar-refractivity contribution in [2.75, 3.05) is 34.4 Å². The van der Waals surface area contributed by atoms with Crippen molar-refractivity contribution in [3.8, 4) is 0 Å². The van der Waals surface area contributed by atoms with E-state index in [9.17, 15) is 0 Å². The van der Waals surface area contributed by atoms with Gasteiger partial charge in [-0.1, -0.05) is 6.92 Å². The molecule has 1 rings (SSSR count). The van der Waals surface area contributed by atoms with Crippen molar-refractivity contribution in [3.63, 3.8) is 0 Å². The molecule has 0 aromatic rings. The molecule has 0 aliphatic carbocycles. The highest BCUT2D eigenvalue weighted by atomic mass is 28.4. The summed E-state index contributed by atoms with van der Waals surface area (Å²) >= 11 is 0. The molecule has 96 valence electrons. The summed E-state index contributed by atoms with van der Waals surface area (Å²) in [6, 6.07) is 0. The summed E-state index contributed by atoms with van der Waals surface area (Å²) in [5.74, 6) is 0.616. The van der Waals surface area contributed by atoms with Crippen LogP contribution in [-0.4, -0.2) is 43.2 Å². The molecule has 1 heterocycles. The second-order valence-electron chi connectivity index (χ2n) is 4.34. The van der Waals surface area contributed by atoms with Crippen LogP contribution in [0.25, 0.3) is 0 Å². The van der Waals surface area contributed by atoms with E-state index in [4.69, 9.17) is 13.3 Å². The second kappa shape index (κ2) is 6.71. The Balaban J connectivity index is 2.76. The Labute approximate surface area is 100 Å². The number of piperidine rings is 1. The van der Waals surface area contributed by atoms with E-state index in [-0.39, 0.29) is 0 Å². The third kappa shape index (κ3) is 2.84. The van der Waals surface area contributed by atoms with Crippen molar-refractivity contribution >= 4 is 8.80 Å². The fourth-order valence-corrected chi connectivity index (χ4v) is 5.57. The van der Waals surface area contributed by atoms with Crippen LogP contribution < -0.4 is 5.32 Å². The third-order valence-corrected chi connectivity index (χ3v) is 7.15. The van der Waals surface area contributed by atoms with Gasteiger partial charge in [0.1, 0.15) is 0 Å². The highest BCUT2D eigenvalue weighted by Gasteiger charge is 2.49. The topological polar surface area (TPSA) is 39.7 Å². The van der Waals surface area contributed by atoms with Gasteiger partial charge in [-0.3, -0.25) is 0 Å². The maximum Gasteiger partial charge on any atom is 0.503 e. The number of rotatable bonds is 6. The molecule has 0 aromatic heterocycles. The summed E-state index contributed by atoms with van der Waals surface area (Å²) in [5.41, 5.74) is 0.403. The van der Waals surface area contributed by atoms with E-state index in [0.29, 0.717) is 11.5 Å². The molecule has 2 atom stereocenters. The molecule has 0 aromatic carbocycles. The molecule has 1 saturated heterocycles. The van der Waals surface area contributed by atoms with Gasteiger partial charge in [0.2, 0.25) is 0 Å². The summed E-state index contributed by atoms with van der Waals surface area (Å²) < 4.78 is 16.8. The summed E-state index contributed by atoms with van der Waals surface area (Å²) in [4.78, 5) is 0. The van der Waals surface area contributed by atoms with Crippen LogP contribution in [0.5, 0.6) is 0 Å². The van der Waals surface area contributed by atoms with Crippen molar-refractivity contribution in [2.45, 2.75) is 31.7 Å². The first-order valence-electron chi connectivity index (χ1n) is 6.10. The molecule has 0 saturated carbocycles. The zero-order chi connectivity index (χ0) is 12.0. The van der Waals surface area contributed by atoms with E-state index < -0.39 is 8.80 Å². The Morgan fingerprint density at radius 3 is 2.25 bits per heavy atom. The van der Waals surface area contributed by atoms with E-state index in [1.165, 1.54) is 12.8 Å². The summed E-state index contributed by atoms with van der Waals surface area (Å²) in [5, 5.41) is 3.45. The lowest BCUT2D eigenvalue weighted by atomic mass is 9.94. The lowest BCUT2D eigenvalue weighted by Gasteiger charge is -2.38. The van der Waals surface area contributed by atoms with E-state index >= 15 is 0 Å². The maximum absolute atomic E-state index is 5.61. The zero-order valence-electron chi connectivity index (χ0n) is 10.9. The van der Waals surface area contributed by atoms with E-state index in [2.05, 4.69) is 12.2 Å². The average Bonchev–Trinajstić information content (AvgIpc) is 2.37. The SMILES string of the molecule is CCC(C1CCCNC1)[Si](OC)(OC)OC. The standard InChI is InChI=1S/C11H25NO3Si/c1-5-11(10-7-6-8-12-9-10)16(13-2,14-3)15-4/h10-12H,5-9H2,1-4H3. The molecular formula is C11H25NO3Si. The van der Waals surface area contributed by atoms with Crippen LogP contribution in [0, 0.1) is 5.92 Å². The minimum atomic E-state index is -2.47. The Morgan fingerprint density at radius 2 is 1.88 bits per heavy atom.